The number of rotatable bonds is 1. The highest BCUT2D eigenvalue weighted by atomic mass is 127. The van der Waals surface area contributed by atoms with Crippen molar-refractivity contribution in [1.82, 2.24) is 4.98 Å². The van der Waals surface area contributed by atoms with Gasteiger partial charge < -0.3 is 0 Å². The maximum absolute atomic E-state index is 4.13. The monoisotopic (exact) mass is 345 g/mol. The molecule has 48 valence electrons. The molecule has 0 unspecified atom stereocenters. The average molecular weight is 345 g/mol. The minimum atomic E-state index is 1.04. The van der Waals surface area contributed by atoms with Gasteiger partial charge in [-0.05, 0) is 34.2 Å². The molecule has 9 heavy (non-hydrogen) atoms. The number of hydrogen-bond acceptors (Lipinski definition) is 1. The molecule has 0 aromatic carbocycles. The fourth-order valence-corrected chi connectivity index (χ4v) is 1.26. The van der Waals surface area contributed by atoms with Gasteiger partial charge in [0.05, 0.1) is 0 Å². The van der Waals surface area contributed by atoms with Crippen LogP contribution in [0.25, 0.3) is 0 Å². The molecule has 1 nitrogen and oxygen atoms in total. The third-order valence-electron chi connectivity index (χ3n) is 0.943. The predicted octanol–water partition coefficient (Wildman–Crippen LogP) is 2.62. The van der Waals surface area contributed by atoms with Crippen molar-refractivity contribution in [2.75, 3.05) is 0 Å². The molecule has 0 aliphatic carbocycles. The number of alkyl halides is 1. The minimum absolute atomic E-state index is 1.04. The average Bonchev–Trinajstić information content (AvgIpc) is 1.90. The molecule has 0 N–H and O–H groups in total. The van der Waals surface area contributed by atoms with Crippen LogP contribution in [0.2, 0.25) is 0 Å². The van der Waals surface area contributed by atoms with Gasteiger partial charge in [0.2, 0.25) is 0 Å². The van der Waals surface area contributed by atoms with Crippen LogP contribution in [0.5, 0.6) is 0 Å². The van der Waals surface area contributed by atoms with Gasteiger partial charge in [-0.1, -0.05) is 28.7 Å². The Hall–Kier alpha value is 0.610. The summed E-state index contributed by atoms with van der Waals surface area (Å²) >= 11 is 4.52. The van der Waals surface area contributed by atoms with E-state index in [1.54, 1.807) is 0 Å². The van der Waals surface area contributed by atoms with E-state index < -0.39 is 0 Å². The lowest BCUT2D eigenvalue weighted by atomic mass is 10.3. The van der Waals surface area contributed by atoms with Gasteiger partial charge in [-0.3, -0.25) is 4.98 Å². The maximum Gasteiger partial charge on any atom is 0.101 e. The van der Waals surface area contributed by atoms with Gasteiger partial charge in [0, 0.05) is 10.6 Å². The molecule has 0 saturated heterocycles. The molecule has 1 aromatic heterocycles. The Balaban J connectivity index is 2.88. The van der Waals surface area contributed by atoms with Crippen LogP contribution in [0.15, 0.2) is 18.3 Å². The van der Waals surface area contributed by atoms with Crippen molar-refractivity contribution in [2.24, 2.45) is 0 Å². The van der Waals surface area contributed by atoms with E-state index >= 15 is 0 Å². The lowest BCUT2D eigenvalue weighted by molar-refractivity contribution is 1.22. The molecule has 0 atom stereocenters. The fraction of sp³-hybridized carbons (Fsp3) is 0.167. The van der Waals surface area contributed by atoms with Crippen molar-refractivity contribution < 1.29 is 0 Å². The molecule has 0 aliphatic rings. The van der Waals surface area contributed by atoms with Crippen molar-refractivity contribution in [2.45, 2.75) is 4.43 Å². The van der Waals surface area contributed by atoms with Crippen LogP contribution in [0.4, 0.5) is 0 Å². The summed E-state index contributed by atoms with van der Waals surface area (Å²) in [5.41, 5.74) is 1.29. The van der Waals surface area contributed by atoms with Gasteiger partial charge in [0.15, 0.2) is 0 Å². The number of nitrogens with zero attached hydrogens (tertiary/aromatic N) is 1. The van der Waals surface area contributed by atoms with Gasteiger partial charge in [-0.2, -0.15) is 0 Å². The van der Waals surface area contributed by atoms with Crippen molar-refractivity contribution in [3.63, 3.8) is 0 Å². The Kier molecular flexibility index (Phi) is 3.17. The first-order valence-electron chi connectivity index (χ1n) is 2.49. The van der Waals surface area contributed by atoms with E-state index in [9.17, 15) is 0 Å². The highest BCUT2D eigenvalue weighted by Crippen LogP contribution is 2.05. The summed E-state index contributed by atoms with van der Waals surface area (Å²) in [7, 11) is 0. The zero-order valence-electron chi connectivity index (χ0n) is 4.64. The zero-order chi connectivity index (χ0) is 6.69. The summed E-state index contributed by atoms with van der Waals surface area (Å²) in [5, 5.41) is 0. The van der Waals surface area contributed by atoms with E-state index in [0.717, 1.165) is 8.13 Å². The maximum atomic E-state index is 4.13. The molecule has 0 amide bonds. The van der Waals surface area contributed by atoms with Crippen LogP contribution < -0.4 is 0 Å². The summed E-state index contributed by atoms with van der Waals surface area (Å²) in [6, 6.07) is 4.12. The summed E-state index contributed by atoms with van der Waals surface area (Å²) in [5.74, 6) is 0. The van der Waals surface area contributed by atoms with Gasteiger partial charge in [0.25, 0.3) is 0 Å². The van der Waals surface area contributed by atoms with Crippen molar-refractivity contribution in [3.05, 3.63) is 27.6 Å². The molecule has 0 saturated carbocycles. The first-order valence-corrected chi connectivity index (χ1v) is 5.10. The van der Waals surface area contributed by atoms with Crippen molar-refractivity contribution >= 4 is 45.2 Å². The molecule has 0 aliphatic heterocycles. The van der Waals surface area contributed by atoms with Gasteiger partial charge in [-0.15, -0.1) is 0 Å². The first kappa shape index (κ1) is 7.71. The van der Waals surface area contributed by atoms with E-state index in [1.165, 1.54) is 5.56 Å². The molecule has 1 heterocycles. The highest BCUT2D eigenvalue weighted by Gasteiger charge is 1.88. The Labute approximate surface area is 81.5 Å². The Bertz CT molecular complexity index is 183. The van der Waals surface area contributed by atoms with Gasteiger partial charge in [-0.25, -0.2) is 0 Å². The van der Waals surface area contributed by atoms with Crippen LogP contribution in [-0.2, 0) is 4.43 Å². The summed E-state index contributed by atoms with van der Waals surface area (Å²) in [4.78, 5) is 4.13. The van der Waals surface area contributed by atoms with Gasteiger partial charge in [0.1, 0.15) is 3.70 Å². The molecule has 3 heteroatoms. The Morgan fingerprint density at radius 3 is 2.67 bits per heavy atom. The number of halogens is 2. The highest BCUT2D eigenvalue weighted by molar-refractivity contribution is 14.1. The van der Waals surface area contributed by atoms with Crippen molar-refractivity contribution in [3.8, 4) is 0 Å². The van der Waals surface area contributed by atoms with Crippen molar-refractivity contribution in [1.29, 1.82) is 0 Å². The molecular weight excluding hydrogens is 340 g/mol. The Morgan fingerprint density at radius 2 is 2.22 bits per heavy atom. The zero-order valence-corrected chi connectivity index (χ0v) is 8.96. The van der Waals surface area contributed by atoms with Crippen LogP contribution in [0.3, 0.4) is 0 Å². The SMILES string of the molecule is ICc1ccc(I)nc1. The summed E-state index contributed by atoms with van der Waals surface area (Å²) in [6.45, 7) is 0. The van der Waals surface area contributed by atoms with E-state index in [0.29, 0.717) is 0 Å². The number of pyridine rings is 1. The Morgan fingerprint density at radius 1 is 1.44 bits per heavy atom. The van der Waals surface area contributed by atoms with Gasteiger partial charge >= 0.3 is 0 Å². The predicted molar refractivity (Wildman–Crippen MR) is 54.7 cm³/mol. The second-order valence-electron chi connectivity index (χ2n) is 1.62. The molecule has 0 radical (unpaired) electrons. The first-order chi connectivity index (χ1) is 4.33. The topological polar surface area (TPSA) is 12.9 Å². The minimum Gasteiger partial charge on any atom is -0.250 e. The normalized spacial score (nSPS) is 9.56. The molecule has 0 spiro atoms. The third kappa shape index (κ3) is 2.37. The second-order valence-corrected chi connectivity index (χ2v) is 3.49. The second kappa shape index (κ2) is 3.70. The molecule has 0 fully saturated rings. The molecule has 0 bridgehead atoms. The van der Waals surface area contributed by atoms with E-state index in [-0.39, 0.29) is 0 Å². The van der Waals surface area contributed by atoms with Crippen LogP contribution in [-0.4, -0.2) is 4.98 Å². The smallest absolute Gasteiger partial charge is 0.101 e. The van der Waals surface area contributed by atoms with Crippen LogP contribution in [0, 0.1) is 3.70 Å². The quantitative estimate of drug-likeness (QED) is 0.433. The lowest BCUT2D eigenvalue weighted by Gasteiger charge is -1.91. The lowest BCUT2D eigenvalue weighted by Crippen LogP contribution is -1.81. The largest absolute Gasteiger partial charge is 0.250 e. The number of aromatic nitrogens is 1. The summed E-state index contributed by atoms with van der Waals surface area (Å²) in [6.07, 6.45) is 1.91. The molecule has 1 rings (SSSR count). The van der Waals surface area contributed by atoms with E-state index in [1.807, 2.05) is 12.3 Å². The standard InChI is InChI=1S/C6H5I2N/c7-3-5-1-2-6(8)9-4-5/h1-2,4H,3H2. The molecular formula is C6H5I2N. The third-order valence-corrected chi connectivity index (χ3v) is 2.46. The molecule has 1 aromatic rings. The van der Waals surface area contributed by atoms with Crippen LogP contribution >= 0.6 is 45.2 Å². The van der Waals surface area contributed by atoms with Crippen LogP contribution in [0.1, 0.15) is 5.56 Å². The summed E-state index contributed by atoms with van der Waals surface area (Å²) < 4.78 is 2.10. The fourth-order valence-electron chi connectivity index (χ4n) is 0.485. The van der Waals surface area contributed by atoms with E-state index in [4.69, 9.17) is 0 Å². The number of hydrogen-bond donors (Lipinski definition) is 0. The van der Waals surface area contributed by atoms with E-state index in [2.05, 4.69) is 56.2 Å².